The monoisotopic (exact) mass is 398 g/mol. The number of morpholine rings is 1. The fourth-order valence-electron chi connectivity index (χ4n) is 3.97. The van der Waals surface area contributed by atoms with Crippen molar-refractivity contribution in [3.8, 4) is 0 Å². The lowest BCUT2D eigenvalue weighted by atomic mass is 10.0. The fraction of sp³-hybridized carbons (Fsp3) is 0.348. The van der Waals surface area contributed by atoms with Crippen LogP contribution in [0.3, 0.4) is 0 Å². The largest absolute Gasteiger partial charge is 0.378 e. The second-order valence-electron chi connectivity index (χ2n) is 7.39. The highest BCUT2D eigenvalue weighted by Crippen LogP contribution is 2.35. The van der Waals surface area contributed by atoms with Crippen molar-refractivity contribution in [2.75, 3.05) is 39.4 Å². The van der Waals surface area contributed by atoms with Gasteiger partial charge in [0.15, 0.2) is 0 Å². The van der Waals surface area contributed by atoms with Gasteiger partial charge in [0.2, 0.25) is 5.91 Å². The van der Waals surface area contributed by atoms with Gasteiger partial charge < -0.3 is 9.64 Å². The summed E-state index contributed by atoms with van der Waals surface area (Å²) in [4.78, 5) is 16.5. The number of carbonyl (C=O) groups is 1. The third kappa shape index (κ3) is 4.54. The zero-order valence-corrected chi connectivity index (χ0v) is 16.2. The summed E-state index contributed by atoms with van der Waals surface area (Å²) in [5, 5.41) is 0. The van der Waals surface area contributed by atoms with E-state index in [1.165, 1.54) is 6.07 Å². The van der Waals surface area contributed by atoms with Crippen LogP contribution in [0.1, 0.15) is 23.6 Å². The van der Waals surface area contributed by atoms with Crippen LogP contribution in [-0.2, 0) is 9.53 Å². The lowest BCUT2D eigenvalue weighted by molar-refractivity contribution is -0.135. The van der Waals surface area contributed by atoms with Crippen LogP contribution in [0.15, 0.2) is 54.6 Å². The first-order valence-corrected chi connectivity index (χ1v) is 9.92. The Hall–Kier alpha value is -2.57. The number of halogens is 2. The Morgan fingerprint density at radius 1 is 1.07 bits per heavy atom. The van der Waals surface area contributed by atoms with E-state index in [2.05, 4.69) is 4.90 Å². The van der Waals surface area contributed by atoms with E-state index in [-0.39, 0.29) is 17.5 Å². The number of hydrogen-bond acceptors (Lipinski definition) is 3. The Bertz CT molecular complexity index is 895. The van der Waals surface area contributed by atoms with Crippen LogP contribution in [-0.4, -0.2) is 55.1 Å². The van der Waals surface area contributed by atoms with Gasteiger partial charge in [0.1, 0.15) is 11.6 Å². The molecule has 2 aromatic carbocycles. The minimum atomic E-state index is -0.459. The number of ether oxygens (including phenoxy) is 1. The van der Waals surface area contributed by atoms with Crippen LogP contribution in [0.5, 0.6) is 0 Å². The maximum Gasteiger partial charge on any atom is 0.224 e. The van der Waals surface area contributed by atoms with Gasteiger partial charge in [0, 0.05) is 38.2 Å². The molecule has 0 aliphatic carbocycles. The molecule has 0 saturated carbocycles. The average Bonchev–Trinajstić information content (AvgIpc) is 3.19. The van der Waals surface area contributed by atoms with Crippen molar-refractivity contribution < 1.29 is 18.3 Å². The van der Waals surface area contributed by atoms with Crippen molar-refractivity contribution in [2.45, 2.75) is 12.5 Å². The second kappa shape index (κ2) is 8.84. The van der Waals surface area contributed by atoms with E-state index in [0.717, 1.165) is 23.3 Å². The summed E-state index contributed by atoms with van der Waals surface area (Å²) in [5.74, 6) is -0.791. The molecular formula is C23H24F2N2O2. The van der Waals surface area contributed by atoms with Gasteiger partial charge in [-0.25, -0.2) is 8.78 Å². The molecule has 0 N–H and O–H groups in total. The number of benzene rings is 2. The lowest BCUT2D eigenvalue weighted by Gasteiger charge is -2.29. The molecule has 0 spiro atoms. The molecule has 4 rings (SSSR count). The molecule has 1 saturated heterocycles. The summed E-state index contributed by atoms with van der Waals surface area (Å²) in [6.07, 6.45) is 2.36. The van der Waals surface area contributed by atoms with E-state index < -0.39 is 11.6 Å². The Balaban J connectivity index is 1.53. The average molecular weight is 398 g/mol. The second-order valence-corrected chi connectivity index (χ2v) is 7.39. The third-order valence-corrected chi connectivity index (χ3v) is 5.52. The summed E-state index contributed by atoms with van der Waals surface area (Å²) in [6, 6.07) is 13.3. The molecule has 2 heterocycles. The van der Waals surface area contributed by atoms with Gasteiger partial charge >= 0.3 is 0 Å². The highest BCUT2D eigenvalue weighted by molar-refractivity contribution is 5.77. The molecule has 1 atom stereocenters. The third-order valence-electron chi connectivity index (χ3n) is 5.52. The van der Waals surface area contributed by atoms with E-state index in [1.54, 1.807) is 0 Å². The predicted octanol–water partition coefficient (Wildman–Crippen LogP) is 3.65. The first kappa shape index (κ1) is 19.7. The SMILES string of the molecule is O=C(CCN1CC(c2cc(F)ccc2F)=C[C@H]1c1ccccc1)N1CCOCC1. The number of rotatable bonds is 5. The van der Waals surface area contributed by atoms with Crippen LogP contribution in [0, 0.1) is 11.6 Å². The van der Waals surface area contributed by atoms with Crippen molar-refractivity contribution >= 4 is 11.5 Å². The maximum atomic E-state index is 14.3. The predicted molar refractivity (Wildman–Crippen MR) is 107 cm³/mol. The Morgan fingerprint density at radius 3 is 2.59 bits per heavy atom. The highest BCUT2D eigenvalue weighted by Gasteiger charge is 2.29. The first-order valence-electron chi connectivity index (χ1n) is 9.92. The molecule has 0 radical (unpaired) electrons. The summed E-state index contributed by atoms with van der Waals surface area (Å²) in [5.41, 5.74) is 2.10. The van der Waals surface area contributed by atoms with Gasteiger partial charge in [0.05, 0.1) is 19.3 Å². The molecule has 152 valence electrons. The quantitative estimate of drug-likeness (QED) is 0.771. The van der Waals surface area contributed by atoms with Gasteiger partial charge in [-0.05, 0) is 29.3 Å². The first-order chi connectivity index (χ1) is 14.1. The lowest BCUT2D eigenvalue weighted by Crippen LogP contribution is -2.42. The number of carbonyl (C=O) groups excluding carboxylic acids is 1. The Morgan fingerprint density at radius 2 is 1.83 bits per heavy atom. The standard InChI is InChI=1S/C23H24F2N2O2/c24-19-6-7-21(25)20(15-19)18-14-22(17-4-2-1-3-5-17)27(16-18)9-8-23(28)26-10-12-29-13-11-26/h1-7,14-15,22H,8-13,16H2/t22-/m0/s1. The molecule has 0 aromatic heterocycles. The number of amides is 1. The molecule has 0 bridgehead atoms. The number of nitrogens with zero attached hydrogens (tertiary/aromatic N) is 2. The Kier molecular flexibility index (Phi) is 6.02. The van der Waals surface area contributed by atoms with Crippen LogP contribution in [0.2, 0.25) is 0 Å². The zero-order valence-electron chi connectivity index (χ0n) is 16.2. The van der Waals surface area contributed by atoms with E-state index in [1.807, 2.05) is 41.3 Å². The fourth-order valence-corrected chi connectivity index (χ4v) is 3.97. The molecule has 6 heteroatoms. The molecule has 1 amide bonds. The summed E-state index contributed by atoms with van der Waals surface area (Å²) in [6.45, 7) is 3.42. The summed E-state index contributed by atoms with van der Waals surface area (Å²) >= 11 is 0. The van der Waals surface area contributed by atoms with E-state index >= 15 is 0 Å². The molecule has 2 aliphatic rings. The normalized spacial score (nSPS) is 20.0. The molecule has 4 nitrogen and oxygen atoms in total. The number of hydrogen-bond donors (Lipinski definition) is 0. The van der Waals surface area contributed by atoms with Crippen molar-refractivity contribution in [2.24, 2.45) is 0 Å². The van der Waals surface area contributed by atoms with Crippen molar-refractivity contribution in [3.63, 3.8) is 0 Å². The topological polar surface area (TPSA) is 32.8 Å². The molecular weight excluding hydrogens is 374 g/mol. The van der Waals surface area contributed by atoms with Crippen molar-refractivity contribution in [3.05, 3.63) is 77.4 Å². The van der Waals surface area contributed by atoms with Gasteiger partial charge in [-0.15, -0.1) is 0 Å². The zero-order chi connectivity index (χ0) is 20.2. The van der Waals surface area contributed by atoms with E-state index in [0.29, 0.717) is 45.8 Å². The molecule has 2 aliphatic heterocycles. The van der Waals surface area contributed by atoms with Crippen molar-refractivity contribution in [1.82, 2.24) is 9.80 Å². The summed E-state index contributed by atoms with van der Waals surface area (Å²) < 4.78 is 33.4. The minimum absolute atomic E-state index is 0.0774. The van der Waals surface area contributed by atoms with Gasteiger partial charge in [-0.1, -0.05) is 36.4 Å². The smallest absolute Gasteiger partial charge is 0.224 e. The van der Waals surface area contributed by atoms with Crippen LogP contribution < -0.4 is 0 Å². The van der Waals surface area contributed by atoms with E-state index in [4.69, 9.17) is 4.74 Å². The van der Waals surface area contributed by atoms with Gasteiger partial charge in [0.25, 0.3) is 0 Å². The molecule has 29 heavy (non-hydrogen) atoms. The molecule has 2 aromatic rings. The van der Waals surface area contributed by atoms with Crippen LogP contribution >= 0.6 is 0 Å². The Labute approximate surface area is 169 Å². The maximum absolute atomic E-state index is 14.3. The molecule has 0 unspecified atom stereocenters. The summed E-state index contributed by atoms with van der Waals surface area (Å²) in [7, 11) is 0. The molecule has 1 fully saturated rings. The van der Waals surface area contributed by atoms with E-state index in [9.17, 15) is 13.6 Å². The van der Waals surface area contributed by atoms with Gasteiger partial charge in [-0.2, -0.15) is 0 Å². The minimum Gasteiger partial charge on any atom is -0.378 e. The van der Waals surface area contributed by atoms with Crippen LogP contribution in [0.4, 0.5) is 8.78 Å². The van der Waals surface area contributed by atoms with Crippen LogP contribution in [0.25, 0.3) is 5.57 Å². The van der Waals surface area contributed by atoms with Gasteiger partial charge in [-0.3, -0.25) is 9.69 Å². The highest BCUT2D eigenvalue weighted by atomic mass is 19.1. The van der Waals surface area contributed by atoms with Crippen molar-refractivity contribution in [1.29, 1.82) is 0 Å².